The predicted molar refractivity (Wildman–Crippen MR) is 104 cm³/mol. The van der Waals surface area contributed by atoms with Crippen LogP contribution in [0.15, 0.2) is 52.3 Å². The van der Waals surface area contributed by atoms with E-state index in [-0.39, 0.29) is 29.9 Å². The number of rotatable bonds is 4. The highest BCUT2D eigenvalue weighted by atomic mass is 32.2. The number of benzene rings is 2. The molecule has 0 radical (unpaired) electrons. The van der Waals surface area contributed by atoms with Gasteiger partial charge >= 0.3 is 6.18 Å². The number of sulfone groups is 2. The highest BCUT2D eigenvalue weighted by Crippen LogP contribution is 2.44. The summed E-state index contributed by atoms with van der Waals surface area (Å²) >= 11 is 0. The van der Waals surface area contributed by atoms with Crippen molar-refractivity contribution in [1.29, 1.82) is 0 Å². The van der Waals surface area contributed by atoms with Crippen molar-refractivity contribution in [1.82, 2.24) is 0 Å². The molecular formula is C20H20F4O5S2. The van der Waals surface area contributed by atoms with Crippen LogP contribution in [-0.4, -0.2) is 34.4 Å². The van der Waals surface area contributed by atoms with Gasteiger partial charge in [-0.3, -0.25) is 0 Å². The smallest absolute Gasteiger partial charge is 0.373 e. The van der Waals surface area contributed by atoms with Gasteiger partial charge in [-0.05, 0) is 56.2 Å². The lowest BCUT2D eigenvalue weighted by Gasteiger charge is -2.38. The van der Waals surface area contributed by atoms with Gasteiger partial charge in [-0.2, -0.15) is 13.2 Å². The van der Waals surface area contributed by atoms with E-state index in [2.05, 4.69) is 0 Å². The van der Waals surface area contributed by atoms with E-state index in [1.54, 1.807) is 0 Å². The molecule has 170 valence electrons. The zero-order valence-electron chi connectivity index (χ0n) is 16.6. The lowest BCUT2D eigenvalue weighted by Crippen LogP contribution is -2.42. The first-order valence-corrected chi connectivity index (χ1v) is 12.6. The van der Waals surface area contributed by atoms with E-state index >= 15 is 0 Å². The summed E-state index contributed by atoms with van der Waals surface area (Å²) in [5, 5.41) is 0. The fourth-order valence-electron chi connectivity index (χ4n) is 3.65. The van der Waals surface area contributed by atoms with Crippen molar-refractivity contribution in [2.75, 3.05) is 12.9 Å². The molecule has 1 aliphatic rings. The Morgan fingerprint density at radius 1 is 1.06 bits per heavy atom. The van der Waals surface area contributed by atoms with Crippen LogP contribution in [0, 0.1) is 5.82 Å². The third-order valence-corrected chi connectivity index (χ3v) is 9.12. The average molecular weight is 481 g/mol. The molecule has 1 fully saturated rings. The molecule has 31 heavy (non-hydrogen) atoms. The van der Waals surface area contributed by atoms with Gasteiger partial charge in [0.25, 0.3) is 0 Å². The second kappa shape index (κ2) is 7.86. The topological polar surface area (TPSA) is 77.5 Å². The number of halogens is 4. The number of hydrogen-bond acceptors (Lipinski definition) is 5. The van der Waals surface area contributed by atoms with Crippen LogP contribution in [0.25, 0.3) is 0 Å². The molecule has 2 aromatic rings. The van der Waals surface area contributed by atoms with Gasteiger partial charge in [0.1, 0.15) is 5.82 Å². The van der Waals surface area contributed by atoms with Crippen molar-refractivity contribution in [2.45, 2.75) is 46.6 Å². The number of hydrogen-bond donors (Lipinski definition) is 0. The van der Waals surface area contributed by atoms with Crippen LogP contribution in [0.3, 0.4) is 0 Å². The number of alkyl halides is 3. The SMILES string of the molecule is CC1(S(=O)(=O)c2cccc(C(F)(F)F)c2)CCOC(c2cc(F)ccc2S(C)(=O)=O)C1. The van der Waals surface area contributed by atoms with Gasteiger partial charge in [0.2, 0.25) is 0 Å². The summed E-state index contributed by atoms with van der Waals surface area (Å²) in [6.07, 6.45) is -5.12. The molecule has 0 aromatic heterocycles. The summed E-state index contributed by atoms with van der Waals surface area (Å²) < 4.78 is 108. The minimum Gasteiger partial charge on any atom is -0.373 e. The lowest BCUT2D eigenvalue weighted by atomic mass is 9.92. The second-order valence-corrected chi connectivity index (χ2v) is 12.2. The van der Waals surface area contributed by atoms with E-state index in [0.29, 0.717) is 6.07 Å². The van der Waals surface area contributed by atoms with Gasteiger partial charge in [0.05, 0.1) is 26.2 Å². The third kappa shape index (κ3) is 4.63. The fourth-order valence-corrected chi connectivity index (χ4v) is 6.41. The summed E-state index contributed by atoms with van der Waals surface area (Å²) in [5.41, 5.74) is -1.11. The summed E-state index contributed by atoms with van der Waals surface area (Å²) in [5.74, 6) is -0.723. The molecule has 0 spiro atoms. The maximum atomic E-state index is 13.9. The quantitative estimate of drug-likeness (QED) is 0.481. The van der Waals surface area contributed by atoms with E-state index in [1.165, 1.54) is 6.92 Å². The van der Waals surface area contributed by atoms with Crippen LogP contribution in [-0.2, 0) is 30.6 Å². The van der Waals surface area contributed by atoms with E-state index < -0.39 is 53.0 Å². The first-order valence-electron chi connectivity index (χ1n) is 9.18. The molecule has 11 heteroatoms. The molecule has 0 N–H and O–H groups in total. The van der Waals surface area contributed by atoms with Gasteiger partial charge in [-0.25, -0.2) is 21.2 Å². The van der Waals surface area contributed by atoms with Crippen LogP contribution >= 0.6 is 0 Å². The van der Waals surface area contributed by atoms with Crippen LogP contribution in [0.5, 0.6) is 0 Å². The Balaban J connectivity index is 2.04. The third-order valence-electron chi connectivity index (χ3n) is 5.41. The zero-order valence-corrected chi connectivity index (χ0v) is 18.2. The summed E-state index contributed by atoms with van der Waals surface area (Å²) in [4.78, 5) is -0.687. The maximum absolute atomic E-state index is 13.9. The van der Waals surface area contributed by atoms with Crippen molar-refractivity contribution >= 4 is 19.7 Å². The largest absolute Gasteiger partial charge is 0.416 e. The molecule has 5 nitrogen and oxygen atoms in total. The van der Waals surface area contributed by atoms with Crippen molar-refractivity contribution in [2.24, 2.45) is 0 Å². The van der Waals surface area contributed by atoms with E-state index in [1.807, 2.05) is 0 Å². The first kappa shape index (κ1) is 23.7. The van der Waals surface area contributed by atoms with E-state index in [4.69, 9.17) is 4.74 Å². The minimum absolute atomic E-state index is 0.0207. The molecule has 1 aliphatic heterocycles. The maximum Gasteiger partial charge on any atom is 0.416 e. The molecule has 1 heterocycles. The van der Waals surface area contributed by atoms with Crippen molar-refractivity contribution < 1.29 is 39.1 Å². The Morgan fingerprint density at radius 2 is 1.74 bits per heavy atom. The van der Waals surface area contributed by atoms with Crippen LogP contribution in [0.2, 0.25) is 0 Å². The molecule has 0 saturated carbocycles. The highest BCUT2D eigenvalue weighted by molar-refractivity contribution is 7.92. The van der Waals surface area contributed by atoms with E-state index in [0.717, 1.165) is 42.7 Å². The van der Waals surface area contributed by atoms with Gasteiger partial charge < -0.3 is 4.74 Å². The van der Waals surface area contributed by atoms with Crippen molar-refractivity contribution in [3.05, 3.63) is 59.4 Å². The number of ether oxygens (including phenoxy) is 1. The first-order chi connectivity index (χ1) is 14.1. The molecule has 2 aromatic carbocycles. The molecule has 3 rings (SSSR count). The molecule has 1 saturated heterocycles. The predicted octanol–water partition coefficient (Wildman–Crippen LogP) is 4.33. The molecule has 2 unspecified atom stereocenters. The molecule has 2 atom stereocenters. The Hall–Kier alpha value is -1.98. The summed E-state index contributed by atoms with van der Waals surface area (Å²) in [6.45, 7) is 1.27. The van der Waals surface area contributed by atoms with Crippen LogP contribution in [0.4, 0.5) is 17.6 Å². The van der Waals surface area contributed by atoms with Gasteiger partial charge in [-0.15, -0.1) is 0 Å². The Labute approximate surface area is 177 Å². The summed E-state index contributed by atoms with van der Waals surface area (Å²) in [7, 11) is -8.03. The van der Waals surface area contributed by atoms with Gasteiger partial charge in [0, 0.05) is 18.4 Å². The normalized spacial score (nSPS) is 23.0. The molecule has 0 amide bonds. The lowest BCUT2D eigenvalue weighted by molar-refractivity contribution is -0.137. The van der Waals surface area contributed by atoms with Gasteiger partial charge in [-0.1, -0.05) is 6.07 Å². The Bertz CT molecular complexity index is 1210. The van der Waals surface area contributed by atoms with E-state index in [9.17, 15) is 34.4 Å². The van der Waals surface area contributed by atoms with Crippen molar-refractivity contribution in [3.63, 3.8) is 0 Å². The summed E-state index contributed by atoms with van der Waals surface area (Å²) in [6, 6.07) is 6.49. The highest BCUT2D eigenvalue weighted by Gasteiger charge is 2.46. The molecule has 0 aliphatic carbocycles. The second-order valence-electron chi connectivity index (χ2n) is 7.75. The van der Waals surface area contributed by atoms with Crippen LogP contribution in [0.1, 0.15) is 37.0 Å². The zero-order chi connectivity index (χ0) is 23.2. The average Bonchev–Trinajstić information content (AvgIpc) is 2.66. The minimum atomic E-state index is -4.71. The standard InChI is InChI=1S/C20H20F4O5S2/c1-19(31(27,28)15-5-3-4-13(10-15)20(22,23)24)8-9-29-17(12-19)16-11-14(21)6-7-18(16)30(2,25)26/h3-7,10-11,17H,8-9,12H2,1-2H3. The fraction of sp³-hybridized carbons (Fsp3) is 0.400. The van der Waals surface area contributed by atoms with Crippen LogP contribution < -0.4 is 0 Å². The monoisotopic (exact) mass is 480 g/mol. The van der Waals surface area contributed by atoms with Gasteiger partial charge in [0.15, 0.2) is 19.7 Å². The van der Waals surface area contributed by atoms with Crippen molar-refractivity contribution in [3.8, 4) is 0 Å². The Morgan fingerprint density at radius 3 is 2.35 bits per heavy atom. The molecular weight excluding hydrogens is 460 g/mol. The Kier molecular flexibility index (Phi) is 6.00. The molecule has 0 bridgehead atoms.